The topological polar surface area (TPSA) is 47.7 Å². The summed E-state index contributed by atoms with van der Waals surface area (Å²) in [7, 11) is 3.83. The number of nitrogens with zero attached hydrogens (tertiary/aromatic N) is 1. The molecule has 19 heavy (non-hydrogen) atoms. The number of hydrogen-bond acceptors (Lipinski definition) is 4. The molecule has 1 fully saturated rings. The van der Waals surface area contributed by atoms with Gasteiger partial charge in [0.25, 0.3) is 0 Å². The maximum atomic E-state index is 5.94. The van der Waals surface area contributed by atoms with Gasteiger partial charge in [0.2, 0.25) is 0 Å². The minimum absolute atomic E-state index is 0.383. The van der Waals surface area contributed by atoms with Crippen molar-refractivity contribution in [3.05, 3.63) is 29.8 Å². The molecule has 2 atom stereocenters. The highest BCUT2D eigenvalue weighted by atomic mass is 16.5. The van der Waals surface area contributed by atoms with Crippen molar-refractivity contribution in [2.75, 3.05) is 33.9 Å². The number of benzene rings is 1. The highest BCUT2D eigenvalue weighted by molar-refractivity contribution is 5.28. The van der Waals surface area contributed by atoms with Gasteiger partial charge >= 0.3 is 0 Å². The summed E-state index contributed by atoms with van der Waals surface area (Å²) in [6.45, 7) is 3.27. The lowest BCUT2D eigenvalue weighted by Crippen LogP contribution is -2.43. The molecule has 4 heteroatoms. The molecular weight excluding hydrogens is 240 g/mol. The number of hydrogen-bond donors (Lipinski definition) is 1. The highest BCUT2D eigenvalue weighted by Crippen LogP contribution is 2.22. The van der Waals surface area contributed by atoms with E-state index in [1.54, 1.807) is 7.11 Å². The number of nitrogens with two attached hydrogens (primary N) is 1. The SMILES string of the molecule is COc1cccc(CN(C)C(CN)C2CCOC2)c1. The fourth-order valence-electron chi connectivity index (χ4n) is 2.76. The number of ether oxygens (including phenoxy) is 2. The van der Waals surface area contributed by atoms with E-state index >= 15 is 0 Å². The molecule has 106 valence electrons. The predicted octanol–water partition coefficient (Wildman–Crippen LogP) is 1.49. The van der Waals surface area contributed by atoms with Crippen LogP contribution in [0.3, 0.4) is 0 Å². The van der Waals surface area contributed by atoms with E-state index in [2.05, 4.69) is 24.1 Å². The van der Waals surface area contributed by atoms with Gasteiger partial charge in [0.15, 0.2) is 0 Å². The molecule has 0 spiro atoms. The van der Waals surface area contributed by atoms with Crippen LogP contribution in [0.5, 0.6) is 5.75 Å². The molecule has 2 unspecified atom stereocenters. The van der Waals surface area contributed by atoms with Gasteiger partial charge in [-0.2, -0.15) is 0 Å². The Morgan fingerprint density at radius 2 is 2.37 bits per heavy atom. The second-order valence-electron chi connectivity index (χ2n) is 5.19. The van der Waals surface area contributed by atoms with Crippen molar-refractivity contribution in [2.24, 2.45) is 11.7 Å². The molecule has 1 heterocycles. The molecule has 2 N–H and O–H groups in total. The third-order valence-electron chi connectivity index (χ3n) is 3.88. The Balaban J connectivity index is 1.99. The molecule has 0 aliphatic carbocycles. The third kappa shape index (κ3) is 3.69. The lowest BCUT2D eigenvalue weighted by Gasteiger charge is -2.31. The van der Waals surface area contributed by atoms with E-state index in [0.29, 0.717) is 18.5 Å². The summed E-state index contributed by atoms with van der Waals surface area (Å²) in [4.78, 5) is 2.33. The van der Waals surface area contributed by atoms with Crippen LogP contribution in [0.4, 0.5) is 0 Å². The van der Waals surface area contributed by atoms with E-state index in [4.69, 9.17) is 15.2 Å². The number of rotatable bonds is 6. The molecule has 0 saturated carbocycles. The first-order chi connectivity index (χ1) is 9.24. The van der Waals surface area contributed by atoms with Crippen LogP contribution >= 0.6 is 0 Å². The van der Waals surface area contributed by atoms with E-state index in [1.165, 1.54) is 5.56 Å². The van der Waals surface area contributed by atoms with Gasteiger partial charge in [-0.25, -0.2) is 0 Å². The van der Waals surface area contributed by atoms with Crippen molar-refractivity contribution >= 4 is 0 Å². The molecule has 1 aliphatic heterocycles. The maximum absolute atomic E-state index is 5.94. The predicted molar refractivity (Wildman–Crippen MR) is 76.2 cm³/mol. The molecule has 1 saturated heterocycles. The molecular formula is C15H24N2O2. The Bertz CT molecular complexity index is 391. The zero-order chi connectivity index (χ0) is 13.7. The first kappa shape index (κ1) is 14.3. The molecule has 0 amide bonds. The molecule has 1 aliphatic rings. The summed E-state index contributed by atoms with van der Waals surface area (Å²) in [6, 6.07) is 8.58. The molecule has 0 bridgehead atoms. The van der Waals surface area contributed by atoms with Gasteiger partial charge in [-0.15, -0.1) is 0 Å². The Morgan fingerprint density at radius 1 is 1.53 bits per heavy atom. The second-order valence-corrected chi connectivity index (χ2v) is 5.19. The normalized spacial score (nSPS) is 20.7. The van der Waals surface area contributed by atoms with Crippen molar-refractivity contribution in [1.29, 1.82) is 0 Å². The van der Waals surface area contributed by atoms with Gasteiger partial charge in [-0.1, -0.05) is 12.1 Å². The van der Waals surface area contributed by atoms with Gasteiger partial charge in [-0.05, 0) is 31.2 Å². The number of methoxy groups -OCH3 is 1. The van der Waals surface area contributed by atoms with Crippen molar-refractivity contribution in [3.8, 4) is 5.75 Å². The summed E-state index contributed by atoms with van der Waals surface area (Å²) >= 11 is 0. The second kappa shape index (κ2) is 6.89. The van der Waals surface area contributed by atoms with E-state index in [9.17, 15) is 0 Å². The molecule has 0 radical (unpaired) electrons. The van der Waals surface area contributed by atoms with Crippen LogP contribution in [0, 0.1) is 5.92 Å². The fourth-order valence-corrected chi connectivity index (χ4v) is 2.76. The van der Waals surface area contributed by atoms with Gasteiger partial charge in [0.1, 0.15) is 5.75 Å². The van der Waals surface area contributed by atoms with E-state index in [0.717, 1.165) is 31.9 Å². The van der Waals surface area contributed by atoms with Crippen LogP contribution in [0.15, 0.2) is 24.3 Å². The van der Waals surface area contributed by atoms with Crippen molar-refractivity contribution in [1.82, 2.24) is 4.90 Å². The largest absolute Gasteiger partial charge is 0.497 e. The van der Waals surface area contributed by atoms with Crippen molar-refractivity contribution < 1.29 is 9.47 Å². The number of likely N-dealkylation sites (N-methyl/N-ethyl adjacent to an activating group) is 1. The van der Waals surface area contributed by atoms with Crippen LogP contribution in [0.2, 0.25) is 0 Å². The highest BCUT2D eigenvalue weighted by Gasteiger charge is 2.27. The standard InChI is InChI=1S/C15H24N2O2/c1-17(15(9-16)13-6-7-19-11-13)10-12-4-3-5-14(8-12)18-2/h3-5,8,13,15H,6-7,9-11,16H2,1-2H3. The first-order valence-electron chi connectivity index (χ1n) is 6.85. The zero-order valence-electron chi connectivity index (χ0n) is 11.8. The summed E-state index contributed by atoms with van der Waals surface area (Å²) in [5, 5.41) is 0. The molecule has 2 rings (SSSR count). The maximum Gasteiger partial charge on any atom is 0.119 e. The zero-order valence-corrected chi connectivity index (χ0v) is 11.8. The first-order valence-corrected chi connectivity index (χ1v) is 6.85. The van der Waals surface area contributed by atoms with Crippen molar-refractivity contribution in [2.45, 2.75) is 19.0 Å². The molecule has 1 aromatic carbocycles. The smallest absolute Gasteiger partial charge is 0.119 e. The minimum atomic E-state index is 0.383. The average molecular weight is 264 g/mol. The Kier molecular flexibility index (Phi) is 5.19. The Morgan fingerprint density at radius 3 is 3.00 bits per heavy atom. The summed E-state index contributed by atoms with van der Waals surface area (Å²) in [6.07, 6.45) is 1.12. The van der Waals surface area contributed by atoms with E-state index in [1.807, 2.05) is 12.1 Å². The van der Waals surface area contributed by atoms with Gasteiger partial charge in [0, 0.05) is 31.7 Å². The van der Waals surface area contributed by atoms with Gasteiger partial charge in [-0.3, -0.25) is 4.90 Å². The van der Waals surface area contributed by atoms with Crippen molar-refractivity contribution in [3.63, 3.8) is 0 Å². The Labute approximate surface area is 115 Å². The summed E-state index contributed by atoms with van der Waals surface area (Å²) in [5.41, 5.74) is 7.19. The minimum Gasteiger partial charge on any atom is -0.497 e. The molecule has 4 nitrogen and oxygen atoms in total. The molecule has 0 aromatic heterocycles. The van der Waals surface area contributed by atoms with Crippen LogP contribution < -0.4 is 10.5 Å². The summed E-state index contributed by atoms with van der Waals surface area (Å²) in [5.74, 6) is 1.46. The average Bonchev–Trinajstić information content (AvgIpc) is 2.93. The van der Waals surface area contributed by atoms with Crippen LogP contribution in [0.25, 0.3) is 0 Å². The summed E-state index contributed by atoms with van der Waals surface area (Å²) < 4.78 is 10.7. The van der Waals surface area contributed by atoms with Gasteiger partial charge < -0.3 is 15.2 Å². The fraction of sp³-hybridized carbons (Fsp3) is 0.600. The van der Waals surface area contributed by atoms with E-state index < -0.39 is 0 Å². The van der Waals surface area contributed by atoms with Crippen LogP contribution in [0.1, 0.15) is 12.0 Å². The van der Waals surface area contributed by atoms with Gasteiger partial charge in [0.05, 0.1) is 13.7 Å². The quantitative estimate of drug-likeness (QED) is 0.845. The van der Waals surface area contributed by atoms with E-state index in [-0.39, 0.29) is 0 Å². The van der Waals surface area contributed by atoms with Crippen LogP contribution in [-0.4, -0.2) is 44.9 Å². The lowest BCUT2D eigenvalue weighted by atomic mass is 9.97. The lowest BCUT2D eigenvalue weighted by molar-refractivity contribution is 0.136. The Hall–Kier alpha value is -1.10. The monoisotopic (exact) mass is 264 g/mol. The molecule has 1 aromatic rings. The van der Waals surface area contributed by atoms with Crippen LogP contribution in [-0.2, 0) is 11.3 Å². The third-order valence-corrected chi connectivity index (χ3v) is 3.88.